The van der Waals surface area contributed by atoms with Gasteiger partial charge in [-0.25, -0.2) is 4.98 Å². The standard InChI is InChI=1S/C18H17ClN4O2/c1-20-18(25-2)17-22-14-5-3-4-6-15(14)23(17)11-16(24)21-13-9-7-12(19)8-10-13/h3-10H,11H2,1-2H3,(H,21,24). The summed E-state index contributed by atoms with van der Waals surface area (Å²) in [7, 11) is 3.15. The molecule has 0 saturated heterocycles. The van der Waals surface area contributed by atoms with E-state index in [9.17, 15) is 4.79 Å². The summed E-state index contributed by atoms with van der Waals surface area (Å²) in [6, 6.07) is 14.5. The van der Waals surface area contributed by atoms with Gasteiger partial charge >= 0.3 is 0 Å². The summed E-state index contributed by atoms with van der Waals surface area (Å²) in [5.74, 6) is 0.700. The number of aliphatic imine (C=N–C) groups is 1. The molecular formula is C18H17ClN4O2. The molecule has 3 aromatic rings. The molecule has 0 fully saturated rings. The van der Waals surface area contributed by atoms with Crippen molar-refractivity contribution in [1.82, 2.24) is 9.55 Å². The van der Waals surface area contributed by atoms with Gasteiger partial charge in [0.2, 0.25) is 5.91 Å². The van der Waals surface area contributed by atoms with Gasteiger partial charge in [-0.1, -0.05) is 23.7 Å². The number of halogens is 1. The van der Waals surface area contributed by atoms with E-state index < -0.39 is 0 Å². The third-order valence-corrected chi connectivity index (χ3v) is 3.92. The maximum atomic E-state index is 12.5. The molecule has 1 aromatic heterocycles. The van der Waals surface area contributed by atoms with Crippen molar-refractivity contribution < 1.29 is 9.53 Å². The lowest BCUT2D eigenvalue weighted by Gasteiger charge is -2.10. The number of aromatic nitrogens is 2. The molecule has 0 unspecified atom stereocenters. The van der Waals surface area contributed by atoms with Gasteiger partial charge in [-0.2, -0.15) is 0 Å². The van der Waals surface area contributed by atoms with Gasteiger partial charge in [0.1, 0.15) is 6.54 Å². The van der Waals surface area contributed by atoms with Gasteiger partial charge in [0.15, 0.2) is 5.82 Å². The summed E-state index contributed by atoms with van der Waals surface area (Å²) in [5, 5.41) is 3.46. The van der Waals surface area contributed by atoms with E-state index in [1.54, 1.807) is 35.9 Å². The number of anilines is 1. The van der Waals surface area contributed by atoms with Gasteiger partial charge in [0.25, 0.3) is 5.90 Å². The van der Waals surface area contributed by atoms with E-state index in [0.29, 0.717) is 22.4 Å². The van der Waals surface area contributed by atoms with Crippen LogP contribution >= 0.6 is 11.6 Å². The summed E-state index contributed by atoms with van der Waals surface area (Å²) in [4.78, 5) is 21.1. The Bertz CT molecular complexity index is 932. The van der Waals surface area contributed by atoms with Crippen molar-refractivity contribution in [2.75, 3.05) is 19.5 Å². The van der Waals surface area contributed by atoms with Crippen molar-refractivity contribution in [3.8, 4) is 0 Å². The van der Waals surface area contributed by atoms with Crippen molar-refractivity contribution in [2.24, 2.45) is 4.99 Å². The average Bonchev–Trinajstić information content (AvgIpc) is 2.97. The molecule has 6 nitrogen and oxygen atoms in total. The van der Waals surface area contributed by atoms with Gasteiger partial charge < -0.3 is 14.6 Å². The van der Waals surface area contributed by atoms with E-state index in [1.165, 1.54) is 7.11 Å². The minimum atomic E-state index is -0.182. The van der Waals surface area contributed by atoms with Crippen molar-refractivity contribution >= 4 is 40.1 Å². The van der Waals surface area contributed by atoms with Crippen molar-refractivity contribution in [3.63, 3.8) is 0 Å². The molecule has 0 aliphatic heterocycles. The number of hydrogen-bond acceptors (Lipinski definition) is 4. The lowest BCUT2D eigenvalue weighted by molar-refractivity contribution is -0.116. The summed E-state index contributed by atoms with van der Waals surface area (Å²) < 4.78 is 7.07. The Hall–Kier alpha value is -2.86. The first-order valence-electron chi connectivity index (χ1n) is 7.64. The fraction of sp³-hybridized carbons (Fsp3) is 0.167. The van der Waals surface area contributed by atoms with Crippen LogP contribution in [0.25, 0.3) is 11.0 Å². The Morgan fingerprint density at radius 3 is 2.64 bits per heavy atom. The first kappa shape index (κ1) is 17.0. The summed E-state index contributed by atoms with van der Waals surface area (Å²) in [6.45, 7) is 0.0842. The highest BCUT2D eigenvalue weighted by Gasteiger charge is 2.18. The van der Waals surface area contributed by atoms with Crippen LogP contribution in [0.5, 0.6) is 0 Å². The summed E-state index contributed by atoms with van der Waals surface area (Å²) in [5.41, 5.74) is 2.29. The van der Waals surface area contributed by atoms with Crippen LogP contribution in [0, 0.1) is 0 Å². The molecule has 7 heteroatoms. The molecule has 0 bridgehead atoms. The Morgan fingerprint density at radius 1 is 1.24 bits per heavy atom. The molecule has 25 heavy (non-hydrogen) atoms. The maximum absolute atomic E-state index is 12.5. The SMILES string of the molecule is CN=C(OC)c1nc2ccccc2n1CC(=O)Nc1ccc(Cl)cc1. The Balaban J connectivity index is 1.92. The number of rotatable bonds is 4. The number of methoxy groups -OCH3 is 1. The molecule has 0 aliphatic rings. The molecule has 0 atom stereocenters. The molecular weight excluding hydrogens is 340 g/mol. The number of amides is 1. The van der Waals surface area contributed by atoms with Crippen molar-refractivity contribution in [1.29, 1.82) is 0 Å². The van der Waals surface area contributed by atoms with Crippen LogP contribution in [0.15, 0.2) is 53.5 Å². The van der Waals surface area contributed by atoms with Gasteiger partial charge in [0, 0.05) is 17.8 Å². The molecule has 0 spiro atoms. The lowest BCUT2D eigenvalue weighted by Crippen LogP contribution is -2.22. The second-order valence-corrected chi connectivity index (χ2v) is 5.73. The normalized spacial score (nSPS) is 11.6. The highest BCUT2D eigenvalue weighted by Crippen LogP contribution is 2.18. The zero-order valence-electron chi connectivity index (χ0n) is 13.9. The third kappa shape index (κ3) is 3.64. The molecule has 2 aromatic carbocycles. The summed E-state index contributed by atoms with van der Waals surface area (Å²) in [6.07, 6.45) is 0. The highest BCUT2D eigenvalue weighted by molar-refractivity contribution is 6.30. The number of para-hydroxylation sites is 2. The van der Waals surface area contributed by atoms with Crippen molar-refractivity contribution in [2.45, 2.75) is 6.54 Å². The van der Waals surface area contributed by atoms with Crippen LogP contribution in [-0.4, -0.2) is 35.5 Å². The van der Waals surface area contributed by atoms with Gasteiger partial charge in [-0.3, -0.25) is 9.79 Å². The number of ether oxygens (including phenoxy) is 1. The van der Waals surface area contributed by atoms with Crippen LogP contribution in [0.4, 0.5) is 5.69 Å². The fourth-order valence-corrected chi connectivity index (χ4v) is 2.68. The summed E-state index contributed by atoms with van der Waals surface area (Å²) >= 11 is 5.86. The topological polar surface area (TPSA) is 68.5 Å². The van der Waals surface area contributed by atoms with Gasteiger partial charge in [-0.05, 0) is 36.4 Å². The number of nitrogens with zero attached hydrogens (tertiary/aromatic N) is 3. The quantitative estimate of drug-likeness (QED) is 0.575. The highest BCUT2D eigenvalue weighted by atomic mass is 35.5. The zero-order chi connectivity index (χ0) is 17.8. The predicted octanol–water partition coefficient (Wildman–Crippen LogP) is 3.35. The second kappa shape index (κ2) is 7.36. The molecule has 3 rings (SSSR count). The largest absolute Gasteiger partial charge is 0.479 e. The first-order chi connectivity index (χ1) is 12.1. The third-order valence-electron chi connectivity index (χ3n) is 3.67. The monoisotopic (exact) mass is 356 g/mol. The number of nitrogens with one attached hydrogen (secondary N) is 1. The minimum Gasteiger partial charge on any atom is -0.479 e. The van der Waals surface area contributed by atoms with Crippen molar-refractivity contribution in [3.05, 3.63) is 59.4 Å². The smallest absolute Gasteiger partial charge is 0.252 e. The molecule has 1 heterocycles. The average molecular weight is 357 g/mol. The number of benzene rings is 2. The Labute approximate surface area is 150 Å². The maximum Gasteiger partial charge on any atom is 0.252 e. The van der Waals surface area contributed by atoms with Gasteiger partial charge in [0.05, 0.1) is 18.1 Å². The van der Waals surface area contributed by atoms with Crippen LogP contribution in [0.2, 0.25) is 5.02 Å². The molecule has 1 N–H and O–H groups in total. The zero-order valence-corrected chi connectivity index (χ0v) is 14.6. The number of hydrogen-bond donors (Lipinski definition) is 1. The van der Waals surface area contributed by atoms with Crippen LogP contribution in [0.1, 0.15) is 5.82 Å². The molecule has 0 radical (unpaired) electrons. The first-order valence-corrected chi connectivity index (χ1v) is 8.02. The number of imidazole rings is 1. The predicted molar refractivity (Wildman–Crippen MR) is 99.3 cm³/mol. The molecule has 0 aliphatic carbocycles. The van der Waals surface area contributed by atoms with Crippen LogP contribution < -0.4 is 5.32 Å². The van der Waals surface area contributed by atoms with E-state index >= 15 is 0 Å². The second-order valence-electron chi connectivity index (χ2n) is 5.30. The van der Waals surface area contributed by atoms with E-state index in [1.807, 2.05) is 24.3 Å². The number of fused-ring (bicyclic) bond motifs is 1. The fourth-order valence-electron chi connectivity index (χ4n) is 2.56. The lowest BCUT2D eigenvalue weighted by atomic mass is 10.3. The minimum absolute atomic E-state index is 0.0842. The van der Waals surface area contributed by atoms with E-state index in [0.717, 1.165) is 11.0 Å². The Morgan fingerprint density at radius 2 is 1.96 bits per heavy atom. The van der Waals surface area contributed by atoms with Gasteiger partial charge in [-0.15, -0.1) is 0 Å². The molecule has 1 amide bonds. The number of carbonyl (C=O) groups is 1. The number of carbonyl (C=O) groups excluding carboxylic acids is 1. The van der Waals surface area contributed by atoms with E-state index in [-0.39, 0.29) is 12.5 Å². The van der Waals surface area contributed by atoms with E-state index in [2.05, 4.69) is 15.3 Å². The van der Waals surface area contributed by atoms with Crippen LogP contribution in [-0.2, 0) is 16.1 Å². The van der Waals surface area contributed by atoms with E-state index in [4.69, 9.17) is 16.3 Å². The van der Waals surface area contributed by atoms with Crippen LogP contribution in [0.3, 0.4) is 0 Å². The molecule has 0 saturated carbocycles. The molecule has 128 valence electrons. The Kier molecular flexibility index (Phi) is 5.00.